The van der Waals surface area contributed by atoms with E-state index >= 15 is 0 Å². The topological polar surface area (TPSA) is 53.9 Å². The molecule has 2 aromatic heterocycles. The Kier molecular flexibility index (Phi) is 6.86. The Morgan fingerprint density at radius 1 is 0.972 bits per heavy atom. The van der Waals surface area contributed by atoms with Gasteiger partial charge in [0.25, 0.3) is 0 Å². The van der Waals surface area contributed by atoms with E-state index in [-0.39, 0.29) is 5.91 Å². The summed E-state index contributed by atoms with van der Waals surface area (Å²) in [5.74, 6) is 0.929. The first kappa shape index (κ1) is 24.2. The zero-order valence-corrected chi connectivity index (χ0v) is 21.6. The maximum Gasteiger partial charge on any atom is 0.222 e. The molecular formula is C29H26Cl2N4O. The summed E-state index contributed by atoms with van der Waals surface area (Å²) in [6.07, 6.45) is 2.91. The van der Waals surface area contributed by atoms with E-state index in [9.17, 15) is 4.79 Å². The highest BCUT2D eigenvalue weighted by molar-refractivity contribution is 6.31. The zero-order valence-electron chi connectivity index (χ0n) is 20.1. The molecule has 0 atom stereocenters. The number of hydrogen-bond acceptors (Lipinski definition) is 2. The molecule has 0 saturated carbocycles. The Hall–Kier alpha value is -3.54. The Bertz CT molecular complexity index is 1520. The van der Waals surface area contributed by atoms with Crippen molar-refractivity contribution in [2.75, 3.05) is 14.1 Å². The van der Waals surface area contributed by atoms with E-state index in [1.54, 1.807) is 19.0 Å². The number of aryl methyl sites for hydroxylation is 1. The minimum absolute atomic E-state index is 0.0700. The highest BCUT2D eigenvalue weighted by Crippen LogP contribution is 2.38. The van der Waals surface area contributed by atoms with Gasteiger partial charge in [-0.25, -0.2) is 4.98 Å². The molecule has 36 heavy (non-hydrogen) atoms. The van der Waals surface area contributed by atoms with Crippen molar-refractivity contribution in [3.63, 3.8) is 0 Å². The maximum atomic E-state index is 12.5. The molecule has 0 aliphatic rings. The molecule has 182 valence electrons. The highest BCUT2D eigenvalue weighted by Gasteiger charge is 2.23. The van der Waals surface area contributed by atoms with Crippen LogP contribution in [0, 0.1) is 0 Å². The van der Waals surface area contributed by atoms with Gasteiger partial charge in [-0.2, -0.15) is 0 Å². The summed E-state index contributed by atoms with van der Waals surface area (Å²) in [6.45, 7) is 0.595. The Labute approximate surface area is 220 Å². The lowest BCUT2D eigenvalue weighted by atomic mass is 10.0. The van der Waals surface area contributed by atoms with Crippen molar-refractivity contribution in [1.29, 1.82) is 0 Å². The fourth-order valence-corrected chi connectivity index (χ4v) is 4.74. The SMILES string of the molecule is CN(C)C(=O)CCc1nc(-c2ccccc2)c(-c2c[nH]c3cc(Cl)ccc23)n1Cc1ccc(Cl)cc1. The molecule has 5 nitrogen and oxygen atoms in total. The number of halogens is 2. The molecule has 5 rings (SSSR count). The van der Waals surface area contributed by atoms with Crippen molar-refractivity contribution < 1.29 is 4.79 Å². The van der Waals surface area contributed by atoms with Crippen LogP contribution in [0.1, 0.15) is 17.8 Å². The van der Waals surface area contributed by atoms with E-state index in [0.29, 0.717) is 29.4 Å². The van der Waals surface area contributed by atoms with Gasteiger partial charge >= 0.3 is 0 Å². The number of amides is 1. The number of H-pyrrole nitrogens is 1. The van der Waals surface area contributed by atoms with Gasteiger partial charge in [0.15, 0.2) is 0 Å². The second-order valence-electron chi connectivity index (χ2n) is 8.98. The normalized spacial score (nSPS) is 11.2. The maximum absolute atomic E-state index is 12.5. The molecule has 2 heterocycles. The largest absolute Gasteiger partial charge is 0.360 e. The van der Waals surface area contributed by atoms with Crippen LogP contribution in [0.5, 0.6) is 0 Å². The number of carbonyl (C=O) groups is 1. The first-order valence-corrected chi connectivity index (χ1v) is 12.5. The fraction of sp³-hybridized carbons (Fsp3) is 0.172. The third-order valence-electron chi connectivity index (χ3n) is 6.31. The lowest BCUT2D eigenvalue weighted by Crippen LogP contribution is -2.22. The number of imidazole rings is 1. The number of benzene rings is 3. The summed E-state index contributed by atoms with van der Waals surface area (Å²) in [5, 5.41) is 2.43. The number of hydrogen-bond donors (Lipinski definition) is 1. The zero-order chi connectivity index (χ0) is 25.2. The molecule has 0 aliphatic carbocycles. The van der Waals surface area contributed by atoms with Crippen LogP contribution in [0.15, 0.2) is 79.0 Å². The standard InChI is InChI=1S/C29H26Cl2N4O/c1-34(2)27(36)15-14-26-33-28(20-6-4-3-5-7-20)29(35(26)18-19-8-10-21(30)11-9-19)24-17-32-25-16-22(31)12-13-23(24)25/h3-13,16-17,32H,14-15,18H2,1-2H3. The molecular weight excluding hydrogens is 491 g/mol. The van der Waals surface area contributed by atoms with Crippen molar-refractivity contribution in [2.24, 2.45) is 0 Å². The van der Waals surface area contributed by atoms with Crippen LogP contribution in [0.25, 0.3) is 33.4 Å². The van der Waals surface area contributed by atoms with Gasteiger partial charge in [-0.15, -0.1) is 0 Å². The molecule has 3 aromatic carbocycles. The number of nitrogens with one attached hydrogen (secondary N) is 1. The summed E-state index contributed by atoms with van der Waals surface area (Å²) in [7, 11) is 3.56. The minimum atomic E-state index is 0.0700. The molecule has 0 saturated heterocycles. The van der Waals surface area contributed by atoms with Crippen LogP contribution in [-0.4, -0.2) is 39.4 Å². The number of fused-ring (bicyclic) bond motifs is 1. The van der Waals surface area contributed by atoms with Gasteiger partial charge in [0, 0.05) is 71.8 Å². The number of rotatable bonds is 7. The minimum Gasteiger partial charge on any atom is -0.360 e. The monoisotopic (exact) mass is 516 g/mol. The summed E-state index contributed by atoms with van der Waals surface area (Å²) < 4.78 is 2.23. The van der Waals surface area contributed by atoms with Gasteiger partial charge in [0.2, 0.25) is 5.91 Å². The summed E-state index contributed by atoms with van der Waals surface area (Å²) in [5.41, 5.74) is 5.99. The van der Waals surface area contributed by atoms with Crippen molar-refractivity contribution >= 4 is 40.0 Å². The number of aromatic amines is 1. The lowest BCUT2D eigenvalue weighted by molar-refractivity contribution is -0.128. The van der Waals surface area contributed by atoms with Crippen LogP contribution in [0.4, 0.5) is 0 Å². The van der Waals surface area contributed by atoms with Gasteiger partial charge in [0.1, 0.15) is 5.82 Å². The summed E-state index contributed by atoms with van der Waals surface area (Å²) >= 11 is 12.4. The predicted molar refractivity (Wildman–Crippen MR) is 148 cm³/mol. The molecule has 0 radical (unpaired) electrons. The average molecular weight is 517 g/mol. The molecule has 0 aliphatic heterocycles. The molecule has 7 heteroatoms. The molecule has 0 fully saturated rings. The number of carbonyl (C=O) groups excluding carboxylic acids is 1. The number of nitrogens with zero attached hydrogens (tertiary/aromatic N) is 3. The van der Waals surface area contributed by atoms with Crippen LogP contribution in [-0.2, 0) is 17.8 Å². The molecule has 0 unspecified atom stereocenters. The van der Waals surface area contributed by atoms with E-state index in [2.05, 4.69) is 21.7 Å². The summed E-state index contributed by atoms with van der Waals surface area (Å²) in [6, 6.07) is 23.9. The van der Waals surface area contributed by atoms with Crippen LogP contribution in [0.3, 0.4) is 0 Å². The first-order valence-electron chi connectivity index (χ1n) is 11.8. The first-order chi connectivity index (χ1) is 17.4. The number of aromatic nitrogens is 3. The molecule has 0 spiro atoms. The van der Waals surface area contributed by atoms with E-state index in [0.717, 1.165) is 44.8 Å². The van der Waals surface area contributed by atoms with E-state index in [1.807, 2.05) is 66.9 Å². The van der Waals surface area contributed by atoms with E-state index < -0.39 is 0 Å². The fourth-order valence-electron chi connectivity index (χ4n) is 4.44. The van der Waals surface area contributed by atoms with Crippen LogP contribution >= 0.6 is 23.2 Å². The third kappa shape index (κ3) is 4.90. The Morgan fingerprint density at radius 3 is 2.42 bits per heavy atom. The van der Waals surface area contributed by atoms with Gasteiger partial charge in [-0.05, 0) is 29.8 Å². The molecule has 5 aromatic rings. The lowest BCUT2D eigenvalue weighted by Gasteiger charge is -2.14. The predicted octanol–water partition coefficient (Wildman–Crippen LogP) is 7.07. The summed E-state index contributed by atoms with van der Waals surface area (Å²) in [4.78, 5) is 22.6. The van der Waals surface area contributed by atoms with Gasteiger partial charge in [-0.3, -0.25) is 4.79 Å². The van der Waals surface area contributed by atoms with Crippen LogP contribution < -0.4 is 0 Å². The average Bonchev–Trinajstić information content (AvgIpc) is 3.44. The quantitative estimate of drug-likeness (QED) is 0.251. The smallest absolute Gasteiger partial charge is 0.222 e. The van der Waals surface area contributed by atoms with Gasteiger partial charge < -0.3 is 14.5 Å². The van der Waals surface area contributed by atoms with Gasteiger partial charge in [-0.1, -0.05) is 71.7 Å². The third-order valence-corrected chi connectivity index (χ3v) is 6.80. The molecule has 0 bridgehead atoms. The highest BCUT2D eigenvalue weighted by atomic mass is 35.5. The van der Waals surface area contributed by atoms with Crippen molar-refractivity contribution in [3.8, 4) is 22.5 Å². The van der Waals surface area contributed by atoms with E-state index in [4.69, 9.17) is 28.2 Å². The second kappa shape index (κ2) is 10.2. The Morgan fingerprint density at radius 2 is 1.69 bits per heavy atom. The molecule has 1 amide bonds. The Balaban J connectivity index is 1.73. The van der Waals surface area contributed by atoms with Gasteiger partial charge in [0.05, 0.1) is 11.4 Å². The van der Waals surface area contributed by atoms with E-state index in [1.165, 1.54) is 0 Å². The van der Waals surface area contributed by atoms with Crippen molar-refractivity contribution in [1.82, 2.24) is 19.4 Å². The van der Waals surface area contributed by atoms with Crippen molar-refractivity contribution in [2.45, 2.75) is 19.4 Å². The van der Waals surface area contributed by atoms with Crippen LogP contribution in [0.2, 0.25) is 10.0 Å². The second-order valence-corrected chi connectivity index (χ2v) is 9.86. The molecule has 1 N–H and O–H groups in total. The van der Waals surface area contributed by atoms with Crippen molar-refractivity contribution in [3.05, 3.63) is 100 Å².